The first kappa shape index (κ1) is 18.5. The van der Waals surface area contributed by atoms with Crippen LogP contribution in [0.4, 0.5) is 5.13 Å². The van der Waals surface area contributed by atoms with Gasteiger partial charge in [-0.25, -0.2) is 0 Å². The van der Waals surface area contributed by atoms with E-state index in [2.05, 4.69) is 22.1 Å². The van der Waals surface area contributed by atoms with Gasteiger partial charge >= 0.3 is 0 Å². The number of nitrogens with zero attached hydrogens (tertiary/aromatic N) is 2. The quantitative estimate of drug-likeness (QED) is 0.432. The van der Waals surface area contributed by atoms with Crippen molar-refractivity contribution in [2.24, 2.45) is 0 Å². The van der Waals surface area contributed by atoms with Gasteiger partial charge in [0, 0.05) is 5.75 Å². The number of hydrogen-bond donors (Lipinski definition) is 1. The molecule has 24 heavy (non-hydrogen) atoms. The van der Waals surface area contributed by atoms with Crippen molar-refractivity contribution in [1.82, 2.24) is 10.2 Å². The van der Waals surface area contributed by atoms with Crippen molar-refractivity contribution >= 4 is 34.1 Å². The van der Waals surface area contributed by atoms with Gasteiger partial charge in [0.15, 0.2) is 10.4 Å². The van der Waals surface area contributed by atoms with Gasteiger partial charge in [-0.15, -0.1) is 16.8 Å². The normalized spacial score (nSPS) is 11.8. The third-order valence-corrected chi connectivity index (χ3v) is 5.19. The van der Waals surface area contributed by atoms with Crippen molar-refractivity contribution in [1.29, 1.82) is 0 Å². The zero-order valence-electron chi connectivity index (χ0n) is 14.0. The monoisotopic (exact) mass is 363 g/mol. The summed E-state index contributed by atoms with van der Waals surface area (Å²) in [6.45, 7) is 9.58. The van der Waals surface area contributed by atoms with Gasteiger partial charge in [0.25, 0.3) is 5.91 Å². The number of aryl methyl sites for hydroxylation is 2. The first-order valence-electron chi connectivity index (χ1n) is 7.65. The molecule has 1 heterocycles. The summed E-state index contributed by atoms with van der Waals surface area (Å²) in [6, 6.07) is 5.91. The second-order valence-electron chi connectivity index (χ2n) is 5.25. The number of nitrogens with one attached hydrogen (secondary N) is 1. The number of amides is 1. The number of carbonyl (C=O) groups excluding carboxylic acids is 1. The van der Waals surface area contributed by atoms with Crippen LogP contribution < -0.4 is 10.1 Å². The van der Waals surface area contributed by atoms with E-state index in [9.17, 15) is 4.79 Å². The predicted octanol–water partition coefficient (Wildman–Crippen LogP) is 4.23. The Morgan fingerprint density at radius 3 is 2.92 bits per heavy atom. The molecule has 5 nitrogen and oxygen atoms in total. The van der Waals surface area contributed by atoms with E-state index in [0.717, 1.165) is 27.0 Å². The first-order chi connectivity index (χ1) is 11.5. The molecule has 0 radical (unpaired) electrons. The maximum absolute atomic E-state index is 12.4. The van der Waals surface area contributed by atoms with Crippen molar-refractivity contribution in [3.63, 3.8) is 0 Å². The van der Waals surface area contributed by atoms with Crippen LogP contribution in [0.5, 0.6) is 5.75 Å². The van der Waals surface area contributed by atoms with Crippen molar-refractivity contribution in [2.75, 3.05) is 11.1 Å². The number of anilines is 1. The number of aromatic nitrogens is 2. The molecule has 7 heteroatoms. The number of ether oxygens (including phenoxy) is 1. The Morgan fingerprint density at radius 1 is 1.46 bits per heavy atom. The summed E-state index contributed by atoms with van der Waals surface area (Å²) in [5.74, 6) is 1.27. The molecule has 0 aliphatic heterocycles. The Balaban J connectivity index is 2.00. The molecule has 0 aliphatic carbocycles. The fraction of sp³-hybridized carbons (Fsp3) is 0.353. The summed E-state index contributed by atoms with van der Waals surface area (Å²) in [5.41, 5.74) is 2.18. The molecule has 128 valence electrons. The second kappa shape index (κ2) is 8.84. The molecule has 0 unspecified atom stereocenters. The lowest BCUT2D eigenvalue weighted by atomic mass is 10.1. The van der Waals surface area contributed by atoms with Crippen LogP contribution in [0.25, 0.3) is 0 Å². The van der Waals surface area contributed by atoms with Gasteiger partial charge in [0.1, 0.15) is 5.75 Å². The molecule has 1 atom stereocenters. The summed E-state index contributed by atoms with van der Waals surface area (Å²) < 4.78 is 6.68. The SMILES string of the molecule is C=CCSc1nnc(NC(=O)[C@@H](CC)Oc2ccc(C)cc2C)s1. The van der Waals surface area contributed by atoms with E-state index in [1.807, 2.05) is 39.0 Å². The van der Waals surface area contributed by atoms with Gasteiger partial charge in [-0.3, -0.25) is 10.1 Å². The van der Waals surface area contributed by atoms with E-state index in [-0.39, 0.29) is 5.91 Å². The maximum Gasteiger partial charge on any atom is 0.267 e. The fourth-order valence-corrected chi connectivity index (χ4v) is 3.56. The average Bonchev–Trinajstić information content (AvgIpc) is 2.99. The van der Waals surface area contributed by atoms with Crippen LogP contribution in [0.1, 0.15) is 24.5 Å². The Bertz CT molecular complexity index is 716. The molecule has 0 saturated heterocycles. The highest BCUT2D eigenvalue weighted by Crippen LogP contribution is 2.26. The molecule has 1 N–H and O–H groups in total. The first-order valence-corrected chi connectivity index (χ1v) is 9.45. The fourth-order valence-electron chi connectivity index (χ4n) is 2.04. The van der Waals surface area contributed by atoms with E-state index in [1.54, 1.807) is 6.08 Å². The number of rotatable bonds is 8. The molecule has 0 aliphatic rings. The van der Waals surface area contributed by atoms with Gasteiger partial charge in [-0.2, -0.15) is 0 Å². The molecule has 0 saturated carbocycles. The van der Waals surface area contributed by atoms with Gasteiger partial charge < -0.3 is 4.74 Å². The lowest BCUT2D eigenvalue weighted by Crippen LogP contribution is -2.32. The van der Waals surface area contributed by atoms with E-state index in [0.29, 0.717) is 11.6 Å². The smallest absolute Gasteiger partial charge is 0.267 e. The van der Waals surface area contributed by atoms with Gasteiger partial charge in [0.05, 0.1) is 0 Å². The zero-order chi connectivity index (χ0) is 17.5. The molecule has 0 fully saturated rings. The zero-order valence-corrected chi connectivity index (χ0v) is 15.7. The van der Waals surface area contributed by atoms with Crippen LogP contribution >= 0.6 is 23.1 Å². The van der Waals surface area contributed by atoms with Crippen LogP contribution in [0.3, 0.4) is 0 Å². The molecule has 1 amide bonds. The van der Waals surface area contributed by atoms with Crippen LogP contribution in [-0.4, -0.2) is 28.0 Å². The molecule has 2 aromatic rings. The third-order valence-electron chi connectivity index (χ3n) is 3.22. The Morgan fingerprint density at radius 2 is 2.25 bits per heavy atom. The van der Waals surface area contributed by atoms with Gasteiger partial charge in [-0.1, -0.05) is 53.8 Å². The van der Waals surface area contributed by atoms with E-state index in [4.69, 9.17) is 4.74 Å². The highest BCUT2D eigenvalue weighted by atomic mass is 32.2. The van der Waals surface area contributed by atoms with Crippen LogP contribution in [-0.2, 0) is 4.79 Å². The second-order valence-corrected chi connectivity index (χ2v) is 7.49. The van der Waals surface area contributed by atoms with E-state index < -0.39 is 6.10 Å². The number of carbonyl (C=O) groups is 1. The lowest BCUT2D eigenvalue weighted by molar-refractivity contribution is -0.122. The van der Waals surface area contributed by atoms with Crippen LogP contribution in [0, 0.1) is 13.8 Å². The number of thioether (sulfide) groups is 1. The number of hydrogen-bond acceptors (Lipinski definition) is 6. The summed E-state index contributed by atoms with van der Waals surface area (Å²) in [4.78, 5) is 12.4. The van der Waals surface area contributed by atoms with Crippen molar-refractivity contribution in [3.8, 4) is 5.75 Å². The molecule has 1 aromatic heterocycles. The van der Waals surface area contributed by atoms with E-state index >= 15 is 0 Å². The highest BCUT2D eigenvalue weighted by molar-refractivity contribution is 8.01. The van der Waals surface area contributed by atoms with Gasteiger partial charge in [0.2, 0.25) is 5.13 Å². The van der Waals surface area contributed by atoms with Crippen molar-refractivity contribution in [2.45, 2.75) is 37.6 Å². The molecule has 0 bridgehead atoms. The third kappa shape index (κ3) is 5.07. The Labute approximate surface area is 150 Å². The summed E-state index contributed by atoms with van der Waals surface area (Å²) in [7, 11) is 0. The molecule has 1 aromatic carbocycles. The largest absolute Gasteiger partial charge is 0.480 e. The minimum Gasteiger partial charge on any atom is -0.480 e. The number of benzene rings is 1. The van der Waals surface area contributed by atoms with Crippen LogP contribution in [0.15, 0.2) is 35.2 Å². The van der Waals surface area contributed by atoms with E-state index in [1.165, 1.54) is 23.1 Å². The Hall–Kier alpha value is -1.86. The molecule has 0 spiro atoms. The minimum atomic E-state index is -0.570. The average molecular weight is 364 g/mol. The van der Waals surface area contributed by atoms with Gasteiger partial charge in [-0.05, 0) is 31.9 Å². The topological polar surface area (TPSA) is 64.1 Å². The van der Waals surface area contributed by atoms with Crippen molar-refractivity contribution < 1.29 is 9.53 Å². The summed E-state index contributed by atoms with van der Waals surface area (Å²) in [5, 5.41) is 11.3. The molecule has 2 rings (SSSR count). The van der Waals surface area contributed by atoms with Crippen molar-refractivity contribution in [3.05, 3.63) is 42.0 Å². The lowest BCUT2D eigenvalue weighted by Gasteiger charge is -2.18. The predicted molar refractivity (Wildman–Crippen MR) is 100 cm³/mol. The molecular formula is C17H21N3O2S2. The standard InChI is InChI=1S/C17H21N3O2S2/c1-5-9-23-17-20-19-16(24-17)18-15(21)13(6-2)22-14-8-7-11(3)10-12(14)4/h5,7-8,10,13H,1,6,9H2,2-4H3,(H,18,19,21)/t13-/m1/s1. The van der Waals surface area contributed by atoms with Crippen LogP contribution in [0.2, 0.25) is 0 Å². The minimum absolute atomic E-state index is 0.214. The molecular weight excluding hydrogens is 342 g/mol. The Kier molecular flexibility index (Phi) is 6.81. The summed E-state index contributed by atoms with van der Waals surface area (Å²) >= 11 is 2.88. The maximum atomic E-state index is 12.4. The summed E-state index contributed by atoms with van der Waals surface area (Å²) in [6.07, 6.45) is 1.80. The highest BCUT2D eigenvalue weighted by Gasteiger charge is 2.21.